The first-order chi connectivity index (χ1) is 0. The summed E-state index contributed by atoms with van der Waals surface area (Å²) in [6.45, 7) is 0. The fourth-order valence-electron chi connectivity index (χ4n) is 0. The molecule has 0 aliphatic heterocycles. The van der Waals surface area contributed by atoms with Crippen molar-refractivity contribution in [2.24, 2.45) is 0 Å². The van der Waals surface area contributed by atoms with Crippen LogP contribution in [0.15, 0.2) is 0 Å². The summed E-state index contributed by atoms with van der Waals surface area (Å²) in [4.78, 5) is 0. The van der Waals surface area contributed by atoms with E-state index in [-0.39, 0.29) is 40.5 Å². The van der Waals surface area contributed by atoms with Crippen molar-refractivity contribution < 1.29 is 22.0 Å². The molecule has 0 saturated carbocycles. The average molecular weight is 130 g/mol. The predicted octanol–water partition coefficient (Wildman–Crippen LogP) is -0.243. The predicted molar refractivity (Wildman–Crippen MR) is 15.9 cm³/mol. The summed E-state index contributed by atoms with van der Waals surface area (Å²) in [5.41, 5.74) is 0. The maximum absolute atomic E-state index is 0. The summed E-state index contributed by atoms with van der Waals surface area (Å²) < 4.78 is 0. The van der Waals surface area contributed by atoms with E-state index in [1.54, 1.807) is 0 Å². The van der Waals surface area contributed by atoms with Crippen molar-refractivity contribution in [3.05, 3.63) is 0 Å². The summed E-state index contributed by atoms with van der Waals surface area (Å²) in [7, 11) is 0. The third kappa shape index (κ3) is 15.9. The summed E-state index contributed by atoms with van der Waals surface area (Å²) >= 11 is 0. The van der Waals surface area contributed by atoms with Crippen molar-refractivity contribution in [1.82, 2.24) is 6.15 Å². The van der Waals surface area contributed by atoms with Gasteiger partial charge in [0.2, 0.25) is 0 Å². The van der Waals surface area contributed by atoms with Gasteiger partial charge in [0.1, 0.15) is 0 Å². The van der Waals surface area contributed by atoms with E-state index in [0.29, 0.717) is 0 Å². The molecule has 0 amide bonds. The van der Waals surface area contributed by atoms with Crippen molar-refractivity contribution in [3.8, 4) is 0 Å². The Hall–Kier alpha value is 0.704. The smallest absolute Gasteiger partial charge is 0 e. The van der Waals surface area contributed by atoms with E-state index in [1.807, 2.05) is 0 Å². The fourth-order valence-corrected chi connectivity index (χ4v) is 0. The van der Waals surface area contributed by atoms with E-state index in [1.165, 1.54) is 0 Å². The largest absolute Gasteiger partial charge is 0.412 e. The zero-order valence-electron chi connectivity index (χ0n) is 1.93. The number of rotatable bonds is 0. The Bertz CT molecular complexity index is 8.00. The SMILES string of the molecule is Cl.N.O.[Ni]. The van der Waals surface area contributed by atoms with E-state index in [2.05, 4.69) is 0 Å². The third-order valence-electron chi connectivity index (χ3n) is 0. The van der Waals surface area contributed by atoms with E-state index in [9.17, 15) is 0 Å². The van der Waals surface area contributed by atoms with Crippen LogP contribution in [0.5, 0.6) is 0 Å². The first-order valence-corrected chi connectivity index (χ1v) is 0. The van der Waals surface area contributed by atoms with Gasteiger partial charge in [0.15, 0.2) is 0 Å². The normalized spacial score (nSPS) is 0. The zero-order chi connectivity index (χ0) is 0. The van der Waals surface area contributed by atoms with Gasteiger partial charge in [-0.1, -0.05) is 0 Å². The summed E-state index contributed by atoms with van der Waals surface area (Å²) in [6, 6.07) is 0. The van der Waals surface area contributed by atoms with Gasteiger partial charge in [-0.05, 0) is 0 Å². The van der Waals surface area contributed by atoms with Gasteiger partial charge in [-0.2, -0.15) is 0 Å². The molecule has 0 radical (unpaired) electrons. The van der Waals surface area contributed by atoms with Crippen molar-refractivity contribution in [3.63, 3.8) is 0 Å². The van der Waals surface area contributed by atoms with Crippen molar-refractivity contribution >= 4 is 12.4 Å². The topological polar surface area (TPSA) is 66.5 Å². The molecule has 0 saturated heterocycles. The van der Waals surface area contributed by atoms with Crippen LogP contribution in [0.4, 0.5) is 0 Å². The third-order valence-corrected chi connectivity index (χ3v) is 0. The summed E-state index contributed by atoms with van der Waals surface area (Å²) in [6.07, 6.45) is 0. The Morgan fingerprint density at radius 3 is 1.00 bits per heavy atom. The molecule has 0 aromatic heterocycles. The number of hydrogen-bond acceptors (Lipinski definition) is 1. The van der Waals surface area contributed by atoms with Crippen molar-refractivity contribution in [2.45, 2.75) is 0 Å². The van der Waals surface area contributed by atoms with E-state index in [0.717, 1.165) is 0 Å². The molecule has 0 unspecified atom stereocenters. The first-order valence-electron chi connectivity index (χ1n) is 0. The van der Waals surface area contributed by atoms with Crippen LogP contribution in [0.25, 0.3) is 0 Å². The maximum atomic E-state index is 0. The van der Waals surface area contributed by atoms with Gasteiger partial charge in [0.25, 0.3) is 0 Å². The van der Waals surface area contributed by atoms with Gasteiger partial charge < -0.3 is 11.6 Å². The van der Waals surface area contributed by atoms with Gasteiger partial charge in [-0.25, -0.2) is 0 Å². The number of halogens is 1. The molecule has 0 rings (SSSR count). The molecule has 34 valence electrons. The minimum absolute atomic E-state index is 0. The Labute approximate surface area is 41.2 Å². The average Bonchev–Trinajstić information content (AvgIpc) is 0. The van der Waals surface area contributed by atoms with Gasteiger partial charge in [0, 0.05) is 16.5 Å². The molecule has 0 atom stereocenters. The Morgan fingerprint density at radius 1 is 1.00 bits per heavy atom. The Balaban J connectivity index is 0. The standard InChI is InChI=1S/ClH.H3N.Ni.H2O/h1H;1H3;;1H2. The van der Waals surface area contributed by atoms with Crippen molar-refractivity contribution in [2.75, 3.05) is 0 Å². The molecule has 2 nitrogen and oxygen atoms in total. The second-order valence-electron chi connectivity index (χ2n) is 0. The Kier molecular flexibility index (Phi) is 1780. The quantitative estimate of drug-likeness (QED) is 0.452. The van der Waals surface area contributed by atoms with Crippen LogP contribution in [-0.4, -0.2) is 5.48 Å². The van der Waals surface area contributed by atoms with Gasteiger partial charge in [-0.15, -0.1) is 12.4 Å². The second-order valence-corrected chi connectivity index (χ2v) is 0. The van der Waals surface area contributed by atoms with Crippen LogP contribution in [0.2, 0.25) is 0 Å². The molecule has 0 aromatic carbocycles. The molecule has 4 heteroatoms. The van der Waals surface area contributed by atoms with Crippen LogP contribution in [0.3, 0.4) is 0 Å². The van der Waals surface area contributed by atoms with E-state index < -0.39 is 0 Å². The fraction of sp³-hybridized carbons (Fsp3) is 0. The van der Waals surface area contributed by atoms with Gasteiger partial charge in [-0.3, -0.25) is 0 Å². The van der Waals surface area contributed by atoms with Crippen LogP contribution < -0.4 is 6.15 Å². The molecule has 0 aliphatic rings. The summed E-state index contributed by atoms with van der Waals surface area (Å²) in [5.74, 6) is 0. The molecular formula is H6ClNNiO. The van der Waals surface area contributed by atoms with Crippen molar-refractivity contribution in [1.29, 1.82) is 0 Å². The molecular weight excluding hydrogens is 124 g/mol. The maximum Gasteiger partial charge on any atom is 0 e. The summed E-state index contributed by atoms with van der Waals surface area (Å²) in [5, 5.41) is 0. The number of hydrogen-bond donors (Lipinski definition) is 1. The molecule has 0 aromatic rings. The van der Waals surface area contributed by atoms with Crippen LogP contribution in [0, 0.1) is 0 Å². The van der Waals surface area contributed by atoms with Crippen LogP contribution in [0.1, 0.15) is 0 Å². The molecule has 0 heterocycles. The second kappa shape index (κ2) is 54.7. The van der Waals surface area contributed by atoms with E-state index in [4.69, 9.17) is 0 Å². The molecule has 0 fully saturated rings. The molecule has 0 spiro atoms. The molecule has 0 aliphatic carbocycles. The monoisotopic (exact) mass is 129 g/mol. The molecule has 5 N–H and O–H groups in total. The first kappa shape index (κ1) is 130. The molecule has 4 heavy (non-hydrogen) atoms. The Morgan fingerprint density at radius 2 is 1.00 bits per heavy atom. The van der Waals surface area contributed by atoms with Crippen LogP contribution in [-0.2, 0) is 16.5 Å². The van der Waals surface area contributed by atoms with E-state index >= 15 is 0 Å². The minimum Gasteiger partial charge on any atom is -0.412 e. The zero-order valence-corrected chi connectivity index (χ0v) is 3.74. The van der Waals surface area contributed by atoms with Gasteiger partial charge >= 0.3 is 0 Å². The van der Waals surface area contributed by atoms with Crippen LogP contribution >= 0.6 is 12.4 Å². The minimum atomic E-state index is 0. The molecule has 0 bridgehead atoms. The van der Waals surface area contributed by atoms with Gasteiger partial charge in [0.05, 0.1) is 0 Å².